The molecule has 1 N–H and O–H groups in total. The second-order valence-electron chi connectivity index (χ2n) is 6.15. The van der Waals surface area contributed by atoms with Gasteiger partial charge in [0.1, 0.15) is 18.3 Å². The molecule has 0 radical (unpaired) electrons. The Bertz CT molecular complexity index is 668. The largest absolute Gasteiger partial charge is 0.394 e. The molecule has 7 nitrogen and oxygen atoms in total. The molecule has 4 atom stereocenters. The molecule has 0 amide bonds. The van der Waals surface area contributed by atoms with Crippen molar-refractivity contribution in [3.8, 4) is 0 Å². The minimum absolute atomic E-state index is 0.0360. The van der Waals surface area contributed by atoms with Crippen molar-refractivity contribution in [2.24, 2.45) is 0 Å². The average Bonchev–Trinajstić information content (AvgIpc) is 2.93. The van der Waals surface area contributed by atoms with E-state index < -0.39 is 40.5 Å². The molecule has 0 aromatic heterocycles. The molecular formula is C15H20O7S. The fourth-order valence-corrected chi connectivity index (χ4v) is 3.74. The summed E-state index contributed by atoms with van der Waals surface area (Å²) in [6.45, 7) is 4.97. The zero-order valence-corrected chi connectivity index (χ0v) is 13.9. The van der Waals surface area contributed by atoms with Crippen LogP contribution in [0, 0.1) is 6.92 Å². The standard InChI is InChI=1S/C15H20O7S/c1-9-4-6-10(7-5-9)23(17,18)22-14-13-12(11(8-16)19-14)20-15(2,3)21-13/h4-7,11-14,16H,8H2,1-3H3/t11-,12-,13-,14?/m1/s1. The molecule has 2 saturated heterocycles. The van der Waals surface area contributed by atoms with Crippen molar-refractivity contribution >= 4 is 10.1 Å². The first-order chi connectivity index (χ1) is 10.7. The van der Waals surface area contributed by atoms with Gasteiger partial charge in [0, 0.05) is 0 Å². The van der Waals surface area contributed by atoms with E-state index in [1.54, 1.807) is 26.0 Å². The highest BCUT2D eigenvalue weighted by Gasteiger charge is 2.56. The van der Waals surface area contributed by atoms with E-state index in [0.29, 0.717) is 0 Å². The highest BCUT2D eigenvalue weighted by atomic mass is 32.2. The first kappa shape index (κ1) is 16.8. The maximum absolute atomic E-state index is 12.4. The Kier molecular flexibility index (Phi) is 4.24. The number of aliphatic hydroxyl groups is 1. The summed E-state index contributed by atoms with van der Waals surface area (Å²) in [5.74, 6) is -0.887. The van der Waals surface area contributed by atoms with Crippen molar-refractivity contribution in [3.05, 3.63) is 29.8 Å². The molecular weight excluding hydrogens is 324 g/mol. The van der Waals surface area contributed by atoms with Crippen LogP contribution in [-0.4, -0.2) is 50.5 Å². The quantitative estimate of drug-likeness (QED) is 0.813. The maximum atomic E-state index is 12.4. The van der Waals surface area contributed by atoms with Gasteiger partial charge in [-0.15, -0.1) is 0 Å². The van der Waals surface area contributed by atoms with Gasteiger partial charge < -0.3 is 19.3 Å². The van der Waals surface area contributed by atoms with Crippen LogP contribution in [0.3, 0.4) is 0 Å². The van der Waals surface area contributed by atoms with E-state index >= 15 is 0 Å². The highest BCUT2D eigenvalue weighted by Crippen LogP contribution is 2.39. The predicted molar refractivity (Wildman–Crippen MR) is 79.0 cm³/mol. The summed E-state index contributed by atoms with van der Waals surface area (Å²) in [5.41, 5.74) is 0.941. The van der Waals surface area contributed by atoms with E-state index in [1.165, 1.54) is 12.1 Å². The number of ether oxygens (including phenoxy) is 3. The summed E-state index contributed by atoms with van der Waals surface area (Å²) in [6, 6.07) is 6.31. The van der Waals surface area contributed by atoms with E-state index in [0.717, 1.165) is 5.56 Å². The average molecular weight is 344 g/mol. The number of aryl methyl sites for hydroxylation is 1. The molecule has 1 aromatic carbocycles. The van der Waals surface area contributed by atoms with E-state index in [1.807, 2.05) is 6.92 Å². The zero-order valence-electron chi connectivity index (χ0n) is 13.1. The molecule has 1 aromatic rings. The fraction of sp³-hybridized carbons (Fsp3) is 0.600. The Labute approximate surface area is 135 Å². The smallest absolute Gasteiger partial charge is 0.299 e. The predicted octanol–water partition coefficient (Wildman–Crippen LogP) is 0.938. The van der Waals surface area contributed by atoms with Gasteiger partial charge in [-0.3, -0.25) is 0 Å². The molecule has 2 fully saturated rings. The van der Waals surface area contributed by atoms with Gasteiger partial charge in [0.2, 0.25) is 6.29 Å². The summed E-state index contributed by atoms with van der Waals surface area (Å²) in [4.78, 5) is 0.0360. The van der Waals surface area contributed by atoms with Crippen LogP contribution in [0.25, 0.3) is 0 Å². The number of aliphatic hydroxyl groups excluding tert-OH is 1. The molecule has 128 valence electrons. The lowest BCUT2D eigenvalue weighted by atomic mass is 10.1. The first-order valence-corrected chi connectivity index (χ1v) is 8.74. The van der Waals surface area contributed by atoms with Gasteiger partial charge in [0.15, 0.2) is 5.79 Å². The van der Waals surface area contributed by atoms with Gasteiger partial charge in [0.25, 0.3) is 10.1 Å². The number of benzene rings is 1. The summed E-state index contributed by atoms with van der Waals surface area (Å²) in [5, 5.41) is 9.38. The fourth-order valence-electron chi connectivity index (χ4n) is 2.75. The van der Waals surface area contributed by atoms with Crippen molar-refractivity contribution < 1.29 is 31.9 Å². The summed E-state index contributed by atoms with van der Waals surface area (Å²) >= 11 is 0. The molecule has 1 unspecified atom stereocenters. The van der Waals surface area contributed by atoms with Crippen molar-refractivity contribution in [1.29, 1.82) is 0 Å². The van der Waals surface area contributed by atoms with E-state index in [4.69, 9.17) is 18.4 Å². The Morgan fingerprint density at radius 3 is 2.39 bits per heavy atom. The van der Waals surface area contributed by atoms with Crippen LogP contribution in [0.4, 0.5) is 0 Å². The number of hydrogen-bond donors (Lipinski definition) is 1. The Morgan fingerprint density at radius 1 is 1.17 bits per heavy atom. The van der Waals surface area contributed by atoms with Gasteiger partial charge in [-0.1, -0.05) is 17.7 Å². The molecule has 23 heavy (non-hydrogen) atoms. The lowest BCUT2D eigenvalue weighted by Gasteiger charge is -2.23. The van der Waals surface area contributed by atoms with Crippen LogP contribution in [0.15, 0.2) is 29.2 Å². The second-order valence-corrected chi connectivity index (χ2v) is 7.73. The monoisotopic (exact) mass is 344 g/mol. The summed E-state index contributed by atoms with van der Waals surface area (Å²) < 4.78 is 46.7. The summed E-state index contributed by atoms with van der Waals surface area (Å²) in [7, 11) is -4.01. The molecule has 2 aliphatic rings. The number of rotatable bonds is 4. The van der Waals surface area contributed by atoms with Crippen LogP contribution in [-0.2, 0) is 28.5 Å². The van der Waals surface area contributed by atoms with Crippen LogP contribution in [0.2, 0.25) is 0 Å². The van der Waals surface area contributed by atoms with E-state index in [2.05, 4.69) is 0 Å². The Balaban J connectivity index is 1.80. The Hall–Kier alpha value is -1.03. The lowest BCUT2D eigenvalue weighted by molar-refractivity contribution is -0.216. The van der Waals surface area contributed by atoms with E-state index in [9.17, 15) is 13.5 Å². The van der Waals surface area contributed by atoms with Gasteiger partial charge in [-0.25, -0.2) is 4.18 Å². The summed E-state index contributed by atoms with van der Waals surface area (Å²) in [6.07, 6.45) is -3.15. The molecule has 2 aliphatic heterocycles. The minimum Gasteiger partial charge on any atom is -0.394 e. The molecule has 3 rings (SSSR count). The van der Waals surface area contributed by atoms with Crippen LogP contribution in [0.1, 0.15) is 19.4 Å². The van der Waals surface area contributed by atoms with Crippen molar-refractivity contribution in [1.82, 2.24) is 0 Å². The minimum atomic E-state index is -4.01. The first-order valence-electron chi connectivity index (χ1n) is 7.34. The zero-order chi connectivity index (χ0) is 16.8. The van der Waals surface area contributed by atoms with Crippen molar-refractivity contribution in [2.75, 3.05) is 6.61 Å². The SMILES string of the molecule is Cc1ccc(S(=O)(=O)OC2O[C@H](CO)[C@H]3OC(C)(C)O[C@@H]23)cc1. The second kappa shape index (κ2) is 5.80. The van der Waals surface area contributed by atoms with Crippen LogP contribution in [0.5, 0.6) is 0 Å². The van der Waals surface area contributed by atoms with Crippen LogP contribution < -0.4 is 0 Å². The molecule has 0 aliphatic carbocycles. The van der Waals surface area contributed by atoms with Gasteiger partial charge in [-0.05, 0) is 32.9 Å². The third kappa shape index (κ3) is 3.28. The van der Waals surface area contributed by atoms with Crippen molar-refractivity contribution in [3.63, 3.8) is 0 Å². The molecule has 2 heterocycles. The van der Waals surface area contributed by atoms with Gasteiger partial charge >= 0.3 is 0 Å². The number of fused-ring (bicyclic) bond motifs is 1. The van der Waals surface area contributed by atoms with Gasteiger partial charge in [0.05, 0.1) is 11.5 Å². The highest BCUT2D eigenvalue weighted by molar-refractivity contribution is 7.86. The molecule has 0 saturated carbocycles. The van der Waals surface area contributed by atoms with E-state index in [-0.39, 0.29) is 11.5 Å². The topological polar surface area (TPSA) is 91.3 Å². The van der Waals surface area contributed by atoms with Crippen LogP contribution >= 0.6 is 0 Å². The molecule has 8 heteroatoms. The third-order valence-corrected chi connectivity index (χ3v) is 5.11. The third-order valence-electron chi connectivity index (χ3n) is 3.82. The number of hydrogen-bond acceptors (Lipinski definition) is 7. The Morgan fingerprint density at radius 2 is 1.78 bits per heavy atom. The molecule has 0 bridgehead atoms. The van der Waals surface area contributed by atoms with Gasteiger partial charge in [-0.2, -0.15) is 8.42 Å². The lowest BCUT2D eigenvalue weighted by Crippen LogP contribution is -2.33. The normalized spacial score (nSPS) is 32.9. The molecule has 0 spiro atoms. The van der Waals surface area contributed by atoms with Crippen molar-refractivity contribution in [2.45, 2.75) is 56.1 Å². The maximum Gasteiger partial charge on any atom is 0.299 e.